The summed E-state index contributed by atoms with van der Waals surface area (Å²) < 4.78 is 18.4. The molecule has 3 saturated carbocycles. The number of ether oxygens (including phenoxy) is 2. The summed E-state index contributed by atoms with van der Waals surface area (Å²) in [6.45, 7) is 13.4. The van der Waals surface area contributed by atoms with Crippen LogP contribution in [0.3, 0.4) is 0 Å². The van der Waals surface area contributed by atoms with Gasteiger partial charge in [0.05, 0.1) is 19.8 Å². The average molecular weight is 433 g/mol. The first-order valence-corrected chi connectivity index (χ1v) is 14.5. The molecule has 0 aromatic heterocycles. The Hall–Kier alpha value is -0.883. The van der Waals surface area contributed by atoms with Gasteiger partial charge in [0.15, 0.2) is 8.32 Å². The lowest BCUT2D eigenvalue weighted by Gasteiger charge is -2.38. The second-order valence-corrected chi connectivity index (χ2v) is 16.3. The average Bonchev–Trinajstić information content (AvgIpc) is 3.09. The van der Waals surface area contributed by atoms with E-state index in [2.05, 4.69) is 46.0 Å². The fourth-order valence-electron chi connectivity index (χ4n) is 6.17. The molecule has 3 fully saturated rings. The highest BCUT2D eigenvalue weighted by Gasteiger charge is 2.80. The SMILES string of the molecule is COc1ccc(CO[C@H]2CC[C@]34C[C@@]3(CO[Si](C)(C)C(C)(C)C)[C@H](CO)C[C@H]24)cc1. The maximum Gasteiger partial charge on any atom is 0.192 e. The van der Waals surface area contributed by atoms with Gasteiger partial charge >= 0.3 is 0 Å². The number of aliphatic hydroxyl groups excluding tert-OH is 1. The van der Waals surface area contributed by atoms with Crippen molar-refractivity contribution in [3.63, 3.8) is 0 Å². The summed E-state index contributed by atoms with van der Waals surface area (Å²) in [5, 5.41) is 10.4. The molecule has 4 nitrogen and oxygen atoms in total. The maximum atomic E-state index is 10.2. The van der Waals surface area contributed by atoms with Crippen molar-refractivity contribution in [3.8, 4) is 5.75 Å². The van der Waals surface area contributed by atoms with Crippen LogP contribution in [-0.2, 0) is 15.8 Å². The van der Waals surface area contributed by atoms with Crippen LogP contribution in [0, 0.1) is 22.7 Å². The van der Waals surface area contributed by atoms with E-state index < -0.39 is 8.32 Å². The first-order chi connectivity index (χ1) is 14.1. The molecule has 0 radical (unpaired) electrons. The first kappa shape index (κ1) is 22.3. The van der Waals surface area contributed by atoms with Crippen molar-refractivity contribution in [2.75, 3.05) is 20.3 Å². The van der Waals surface area contributed by atoms with Gasteiger partial charge in [-0.2, -0.15) is 0 Å². The van der Waals surface area contributed by atoms with E-state index in [1.807, 2.05) is 12.1 Å². The predicted octanol–water partition coefficient (Wildman–Crippen LogP) is 5.40. The monoisotopic (exact) mass is 432 g/mol. The molecule has 3 aliphatic carbocycles. The number of hydrogen-bond acceptors (Lipinski definition) is 4. The maximum absolute atomic E-state index is 10.2. The number of methoxy groups -OCH3 is 1. The van der Waals surface area contributed by atoms with Crippen molar-refractivity contribution in [1.29, 1.82) is 0 Å². The zero-order chi connectivity index (χ0) is 21.8. The number of rotatable bonds is 8. The fraction of sp³-hybridized carbons (Fsp3) is 0.760. The molecule has 5 heteroatoms. The molecule has 0 saturated heterocycles. The van der Waals surface area contributed by atoms with E-state index in [0.29, 0.717) is 30.0 Å². The molecule has 5 atom stereocenters. The van der Waals surface area contributed by atoms with E-state index in [1.54, 1.807) is 7.11 Å². The van der Waals surface area contributed by atoms with Crippen LogP contribution >= 0.6 is 0 Å². The summed E-state index contributed by atoms with van der Waals surface area (Å²) in [4.78, 5) is 0. The molecule has 1 spiro atoms. The second kappa shape index (κ2) is 7.61. The highest BCUT2D eigenvalue weighted by atomic mass is 28.4. The lowest BCUT2D eigenvalue weighted by Crippen LogP contribution is -2.43. The normalized spacial score (nSPS) is 35.2. The van der Waals surface area contributed by atoms with Crippen LogP contribution in [0.5, 0.6) is 5.75 Å². The van der Waals surface area contributed by atoms with Crippen LogP contribution in [0.4, 0.5) is 0 Å². The molecule has 168 valence electrons. The van der Waals surface area contributed by atoms with Crippen molar-refractivity contribution in [3.05, 3.63) is 29.8 Å². The van der Waals surface area contributed by atoms with Gasteiger partial charge in [0.2, 0.25) is 0 Å². The Morgan fingerprint density at radius 3 is 2.47 bits per heavy atom. The van der Waals surface area contributed by atoms with E-state index in [9.17, 15) is 5.11 Å². The summed E-state index contributed by atoms with van der Waals surface area (Å²) in [5.74, 6) is 1.81. The van der Waals surface area contributed by atoms with Crippen LogP contribution in [0.2, 0.25) is 18.1 Å². The van der Waals surface area contributed by atoms with Crippen molar-refractivity contribution in [2.45, 2.75) is 77.3 Å². The molecule has 0 amide bonds. The molecule has 0 aliphatic heterocycles. The van der Waals surface area contributed by atoms with Crippen molar-refractivity contribution < 1.29 is 19.0 Å². The lowest BCUT2D eigenvalue weighted by molar-refractivity contribution is 0.00526. The van der Waals surface area contributed by atoms with E-state index in [4.69, 9.17) is 13.9 Å². The van der Waals surface area contributed by atoms with Crippen LogP contribution in [-0.4, -0.2) is 39.9 Å². The van der Waals surface area contributed by atoms with E-state index in [-0.39, 0.29) is 17.1 Å². The van der Waals surface area contributed by atoms with E-state index in [1.165, 1.54) is 18.4 Å². The van der Waals surface area contributed by atoms with Crippen LogP contribution in [0.15, 0.2) is 24.3 Å². The molecule has 0 unspecified atom stereocenters. The second-order valence-electron chi connectivity index (χ2n) is 11.5. The fourth-order valence-corrected chi connectivity index (χ4v) is 7.22. The first-order valence-electron chi connectivity index (χ1n) is 11.6. The van der Waals surface area contributed by atoms with Crippen molar-refractivity contribution in [1.82, 2.24) is 0 Å². The third-order valence-electron chi connectivity index (χ3n) is 9.19. The van der Waals surface area contributed by atoms with Gasteiger partial charge in [0.25, 0.3) is 0 Å². The highest BCUT2D eigenvalue weighted by Crippen LogP contribution is 2.83. The molecule has 1 aromatic carbocycles. The Morgan fingerprint density at radius 1 is 1.17 bits per heavy atom. The number of aliphatic hydroxyl groups is 1. The zero-order valence-corrected chi connectivity index (χ0v) is 20.7. The zero-order valence-electron chi connectivity index (χ0n) is 19.7. The van der Waals surface area contributed by atoms with Gasteiger partial charge in [0.1, 0.15) is 5.75 Å². The molecule has 3 aliphatic rings. The Bertz CT molecular complexity index is 755. The minimum Gasteiger partial charge on any atom is -0.497 e. The summed E-state index contributed by atoms with van der Waals surface area (Å²) in [5.41, 5.74) is 1.71. The summed E-state index contributed by atoms with van der Waals surface area (Å²) in [7, 11) is -0.0974. The largest absolute Gasteiger partial charge is 0.497 e. The Labute approximate surface area is 183 Å². The Kier molecular flexibility index (Phi) is 5.66. The predicted molar refractivity (Wildman–Crippen MR) is 122 cm³/mol. The van der Waals surface area contributed by atoms with Gasteiger partial charge in [-0.05, 0) is 78.8 Å². The Balaban J connectivity index is 1.42. The van der Waals surface area contributed by atoms with Crippen LogP contribution in [0.25, 0.3) is 0 Å². The molecular formula is C25H40O4Si. The van der Waals surface area contributed by atoms with Crippen LogP contribution in [0.1, 0.15) is 52.0 Å². The van der Waals surface area contributed by atoms with Gasteiger partial charge in [-0.25, -0.2) is 0 Å². The van der Waals surface area contributed by atoms with Gasteiger partial charge < -0.3 is 19.0 Å². The van der Waals surface area contributed by atoms with Gasteiger partial charge in [-0.1, -0.05) is 32.9 Å². The third kappa shape index (κ3) is 3.46. The third-order valence-corrected chi connectivity index (χ3v) is 13.7. The summed E-state index contributed by atoms with van der Waals surface area (Å²) >= 11 is 0. The minimum atomic E-state index is -1.79. The van der Waals surface area contributed by atoms with Gasteiger partial charge in [0, 0.05) is 18.6 Å². The summed E-state index contributed by atoms with van der Waals surface area (Å²) in [6.07, 6.45) is 4.97. The molecule has 0 bridgehead atoms. The van der Waals surface area contributed by atoms with Crippen molar-refractivity contribution >= 4 is 8.32 Å². The standard InChI is InChI=1S/C25H40O4Si/c1-23(2,3)30(5,6)29-17-25-16-24(25)12-11-22(21(24)13-19(25)14-26)28-15-18-7-9-20(27-4)10-8-18/h7-10,19,21-22,26H,11-17H2,1-6H3/t19-,21+,22-,24+,25+/m0/s1. The Morgan fingerprint density at radius 2 is 1.87 bits per heavy atom. The van der Waals surface area contributed by atoms with E-state index in [0.717, 1.165) is 25.2 Å². The molecule has 4 rings (SSSR count). The van der Waals surface area contributed by atoms with Crippen LogP contribution < -0.4 is 4.74 Å². The summed E-state index contributed by atoms with van der Waals surface area (Å²) in [6, 6.07) is 8.17. The molecule has 0 heterocycles. The molecule has 1 N–H and O–H groups in total. The quantitative estimate of drug-likeness (QED) is 0.559. The van der Waals surface area contributed by atoms with Gasteiger partial charge in [-0.3, -0.25) is 0 Å². The minimum absolute atomic E-state index is 0.181. The molecular weight excluding hydrogens is 392 g/mol. The van der Waals surface area contributed by atoms with Gasteiger partial charge in [-0.15, -0.1) is 0 Å². The molecule has 30 heavy (non-hydrogen) atoms. The molecule has 1 aromatic rings. The smallest absolute Gasteiger partial charge is 0.192 e. The van der Waals surface area contributed by atoms with Crippen molar-refractivity contribution in [2.24, 2.45) is 22.7 Å². The number of hydrogen-bond donors (Lipinski definition) is 1. The highest BCUT2D eigenvalue weighted by molar-refractivity contribution is 6.74. The lowest BCUT2D eigenvalue weighted by atomic mass is 9.88. The van der Waals surface area contributed by atoms with E-state index >= 15 is 0 Å². The topological polar surface area (TPSA) is 47.9 Å². The number of benzene rings is 1.